The lowest BCUT2D eigenvalue weighted by Crippen LogP contribution is -1.83. The van der Waals surface area contributed by atoms with Crippen molar-refractivity contribution in [2.75, 3.05) is 10.8 Å². The molecule has 1 aromatic rings. The van der Waals surface area contributed by atoms with Gasteiger partial charge in [-0.2, -0.15) is 0 Å². The number of nitrogens with zero attached hydrogens (tertiary/aromatic N) is 2. The first kappa shape index (κ1) is 14.1. The Labute approximate surface area is 112 Å². The highest BCUT2D eigenvalue weighted by molar-refractivity contribution is 8.24. The highest BCUT2D eigenvalue weighted by Gasteiger charge is 2.05. The topological polar surface area (TPSA) is 42.9 Å². The smallest absolute Gasteiger partial charge is 0.212 e. The first-order chi connectivity index (χ1) is 7.76. The molecule has 1 aromatic heterocycles. The summed E-state index contributed by atoms with van der Waals surface area (Å²) in [5.41, 5.74) is 0. The van der Waals surface area contributed by atoms with E-state index in [2.05, 4.69) is 23.7 Å². The van der Waals surface area contributed by atoms with E-state index in [0.717, 1.165) is 20.9 Å². The van der Waals surface area contributed by atoms with Crippen LogP contribution in [0.25, 0.3) is 0 Å². The molecule has 3 nitrogen and oxygen atoms in total. The van der Waals surface area contributed by atoms with Crippen LogP contribution in [0.1, 0.15) is 13.3 Å². The van der Waals surface area contributed by atoms with E-state index in [4.69, 9.17) is 0 Å². The molecule has 0 aliphatic carbocycles. The van der Waals surface area contributed by atoms with Crippen molar-refractivity contribution in [1.29, 1.82) is 0 Å². The second-order valence-corrected chi connectivity index (χ2v) is 7.50. The summed E-state index contributed by atoms with van der Waals surface area (Å²) < 4.78 is 1.92. The molecule has 0 amide bonds. The third-order valence-corrected chi connectivity index (χ3v) is 5.75. The van der Waals surface area contributed by atoms with Crippen molar-refractivity contribution in [3.8, 4) is 0 Å². The third-order valence-electron chi connectivity index (χ3n) is 1.37. The van der Waals surface area contributed by atoms with Gasteiger partial charge in [-0.3, -0.25) is 4.79 Å². The fourth-order valence-corrected chi connectivity index (χ4v) is 4.60. The summed E-state index contributed by atoms with van der Waals surface area (Å²) in [5, 5.41) is 8.78. The fraction of sp³-hybridized carbons (Fsp3) is 0.444. The van der Waals surface area contributed by atoms with E-state index < -0.39 is 0 Å². The van der Waals surface area contributed by atoms with E-state index >= 15 is 0 Å². The lowest BCUT2D eigenvalue weighted by molar-refractivity contribution is -0.107. The zero-order valence-corrected chi connectivity index (χ0v) is 12.1. The zero-order valence-electron chi connectivity index (χ0n) is 8.84. The van der Waals surface area contributed by atoms with Gasteiger partial charge in [-0.05, 0) is 12.5 Å². The molecule has 0 spiro atoms. The minimum atomic E-state index is -0.00223. The molecule has 88 valence electrons. The molecule has 0 saturated heterocycles. The number of carbonyl (C=O) groups is 1. The number of hydrogen-bond donors (Lipinski definition) is 0. The van der Waals surface area contributed by atoms with Crippen LogP contribution in [0.3, 0.4) is 0 Å². The van der Waals surface area contributed by atoms with Crippen molar-refractivity contribution in [3.63, 3.8) is 0 Å². The van der Waals surface area contributed by atoms with Crippen LogP contribution >= 0.6 is 46.6 Å². The van der Waals surface area contributed by atoms with Crippen LogP contribution in [0, 0.1) is 0 Å². The van der Waals surface area contributed by atoms with E-state index in [9.17, 15) is 4.79 Å². The molecule has 0 bridgehead atoms. The minimum absolute atomic E-state index is 0.00223. The maximum atomic E-state index is 10.9. The van der Waals surface area contributed by atoms with Crippen molar-refractivity contribution >= 4 is 51.7 Å². The highest BCUT2D eigenvalue weighted by Crippen LogP contribution is 2.30. The van der Waals surface area contributed by atoms with Crippen LogP contribution in [0.2, 0.25) is 0 Å². The van der Waals surface area contributed by atoms with Crippen LogP contribution in [0.4, 0.5) is 0 Å². The van der Waals surface area contributed by atoms with Gasteiger partial charge in [0.05, 0.1) is 5.08 Å². The molecule has 0 saturated carbocycles. The number of hydrogen-bond acceptors (Lipinski definition) is 7. The van der Waals surface area contributed by atoms with E-state index in [-0.39, 0.29) is 5.12 Å². The van der Waals surface area contributed by atoms with Gasteiger partial charge in [0.2, 0.25) is 5.12 Å². The Kier molecular flexibility index (Phi) is 7.18. The van der Waals surface area contributed by atoms with Gasteiger partial charge >= 0.3 is 0 Å². The van der Waals surface area contributed by atoms with Gasteiger partial charge in [0.1, 0.15) is 0 Å². The van der Waals surface area contributed by atoms with Crippen molar-refractivity contribution < 1.29 is 4.79 Å². The number of thioether (sulfide) groups is 3. The lowest BCUT2D eigenvalue weighted by Gasteiger charge is -1.92. The van der Waals surface area contributed by atoms with E-state index in [1.165, 1.54) is 17.8 Å². The van der Waals surface area contributed by atoms with Crippen molar-refractivity contribution in [1.82, 2.24) is 10.2 Å². The monoisotopic (exact) mass is 292 g/mol. The van der Waals surface area contributed by atoms with Crippen molar-refractivity contribution in [2.24, 2.45) is 0 Å². The number of carbonyl (C=O) groups excluding carboxylic acids is 1. The van der Waals surface area contributed by atoms with Crippen molar-refractivity contribution in [2.45, 2.75) is 22.0 Å². The molecule has 7 heteroatoms. The first-order valence-corrected chi connectivity index (χ1v) is 8.42. The molecule has 0 aliphatic heterocycles. The maximum Gasteiger partial charge on any atom is 0.212 e. The summed E-state index contributed by atoms with van der Waals surface area (Å²) in [6.45, 7) is 5.56. The van der Waals surface area contributed by atoms with Crippen LogP contribution in [0.15, 0.2) is 21.3 Å². The molecular weight excluding hydrogens is 280 g/mol. The third kappa shape index (κ3) is 5.38. The Bertz CT molecular complexity index is 353. The van der Waals surface area contributed by atoms with Gasteiger partial charge < -0.3 is 0 Å². The molecule has 0 unspecified atom stereocenters. The Hall–Kier alpha value is 0.0200. The molecule has 0 radical (unpaired) electrons. The molecule has 0 N–H and O–H groups in total. The lowest BCUT2D eigenvalue weighted by atomic mass is 10.6. The standard InChI is InChI=1S/C9H12N2OS4/c1-3-5-13-8-10-11-9(16-8)15-6-14-7(12)4-2/h4H,2-3,5-6H2,1H3. The molecule has 0 atom stereocenters. The Morgan fingerprint density at radius 3 is 2.75 bits per heavy atom. The van der Waals surface area contributed by atoms with Gasteiger partial charge in [0, 0.05) is 5.75 Å². The Morgan fingerprint density at radius 2 is 2.12 bits per heavy atom. The van der Waals surface area contributed by atoms with Crippen LogP contribution in [0.5, 0.6) is 0 Å². The van der Waals surface area contributed by atoms with Gasteiger partial charge in [-0.15, -0.1) is 10.2 Å². The van der Waals surface area contributed by atoms with Gasteiger partial charge in [0.25, 0.3) is 0 Å². The second kappa shape index (κ2) is 8.16. The Balaban J connectivity index is 2.29. The largest absolute Gasteiger partial charge is 0.282 e. The summed E-state index contributed by atoms with van der Waals surface area (Å²) >= 11 is 6.09. The molecule has 16 heavy (non-hydrogen) atoms. The van der Waals surface area contributed by atoms with E-state index in [1.54, 1.807) is 34.9 Å². The normalized spacial score (nSPS) is 10.3. The minimum Gasteiger partial charge on any atom is -0.282 e. The van der Waals surface area contributed by atoms with Crippen LogP contribution in [-0.4, -0.2) is 26.2 Å². The van der Waals surface area contributed by atoms with Crippen molar-refractivity contribution in [3.05, 3.63) is 12.7 Å². The van der Waals surface area contributed by atoms with E-state index in [1.807, 2.05) is 0 Å². The average molecular weight is 292 g/mol. The zero-order chi connectivity index (χ0) is 11.8. The molecule has 1 rings (SSSR count). The average Bonchev–Trinajstić information content (AvgIpc) is 2.74. The summed E-state index contributed by atoms with van der Waals surface area (Å²) in [6.07, 6.45) is 2.46. The second-order valence-electron chi connectivity index (χ2n) is 2.61. The summed E-state index contributed by atoms with van der Waals surface area (Å²) in [4.78, 5) is 10.9. The highest BCUT2D eigenvalue weighted by atomic mass is 32.2. The summed E-state index contributed by atoms with van der Waals surface area (Å²) in [5.74, 6) is 1.07. The van der Waals surface area contributed by atoms with Gasteiger partial charge in [0.15, 0.2) is 8.68 Å². The quantitative estimate of drug-likeness (QED) is 0.435. The van der Waals surface area contributed by atoms with E-state index in [0.29, 0.717) is 5.08 Å². The predicted octanol–water partition coefficient (Wildman–Crippen LogP) is 3.54. The number of rotatable bonds is 7. The van der Waals surface area contributed by atoms with Gasteiger partial charge in [-0.1, -0.05) is 60.1 Å². The molecule has 0 aliphatic rings. The first-order valence-electron chi connectivity index (χ1n) is 4.64. The Morgan fingerprint density at radius 1 is 1.44 bits per heavy atom. The predicted molar refractivity (Wildman–Crippen MR) is 74.4 cm³/mol. The van der Waals surface area contributed by atoms with Crippen LogP contribution < -0.4 is 0 Å². The fourth-order valence-electron chi connectivity index (χ4n) is 0.700. The molecule has 0 aromatic carbocycles. The SMILES string of the molecule is C=CC(=O)SCSc1nnc(SCCC)s1. The van der Waals surface area contributed by atoms with Crippen LogP contribution in [-0.2, 0) is 4.79 Å². The molecular formula is C9H12N2OS4. The number of aromatic nitrogens is 2. The van der Waals surface area contributed by atoms with Gasteiger partial charge in [-0.25, -0.2) is 0 Å². The summed E-state index contributed by atoms with van der Waals surface area (Å²) in [7, 11) is 0. The molecule has 1 heterocycles. The molecule has 0 fully saturated rings. The summed E-state index contributed by atoms with van der Waals surface area (Å²) in [6, 6.07) is 0. The maximum absolute atomic E-state index is 10.9.